The molecule has 0 amide bonds. The minimum absolute atomic E-state index is 0.196. The maximum absolute atomic E-state index is 6.23. The van der Waals surface area contributed by atoms with Gasteiger partial charge in [-0.05, 0) is 44.7 Å². The zero-order chi connectivity index (χ0) is 16.9. The molecule has 1 aromatic rings. The van der Waals surface area contributed by atoms with E-state index >= 15 is 0 Å². The van der Waals surface area contributed by atoms with E-state index in [0.29, 0.717) is 21.5 Å². The summed E-state index contributed by atoms with van der Waals surface area (Å²) < 4.78 is 11.6. The molecule has 0 bridgehead atoms. The molecule has 1 saturated heterocycles. The third kappa shape index (κ3) is 4.50. The second-order valence-corrected chi connectivity index (χ2v) is 7.76. The molecular weight excluding hydrogens is 345 g/mol. The van der Waals surface area contributed by atoms with Crippen LogP contribution in [0.15, 0.2) is 12.1 Å². The Labute approximate surface area is 155 Å². The Morgan fingerprint density at radius 2 is 1.75 bits per heavy atom. The van der Waals surface area contributed by atoms with E-state index in [1.54, 1.807) is 19.2 Å². The van der Waals surface area contributed by atoms with E-state index in [1.165, 1.54) is 45.1 Å². The highest BCUT2D eigenvalue weighted by Crippen LogP contribution is 2.39. The van der Waals surface area contributed by atoms with Gasteiger partial charge in [0.1, 0.15) is 6.10 Å². The van der Waals surface area contributed by atoms with Gasteiger partial charge in [-0.1, -0.05) is 42.5 Å². The second-order valence-electron chi connectivity index (χ2n) is 6.92. The fraction of sp³-hybridized carbons (Fsp3) is 0.684. The molecule has 134 valence electrons. The van der Waals surface area contributed by atoms with Gasteiger partial charge in [0.2, 0.25) is 0 Å². The monoisotopic (exact) mass is 371 g/mol. The number of halogens is 2. The Balaban J connectivity index is 1.62. The number of hydrogen-bond acceptors (Lipinski definition) is 3. The molecule has 0 radical (unpaired) electrons. The van der Waals surface area contributed by atoms with Gasteiger partial charge in [0, 0.05) is 23.7 Å². The summed E-state index contributed by atoms with van der Waals surface area (Å²) >= 11 is 12.3. The predicted molar refractivity (Wildman–Crippen MR) is 99.7 cm³/mol. The molecule has 0 N–H and O–H groups in total. The van der Waals surface area contributed by atoms with Gasteiger partial charge in [-0.2, -0.15) is 0 Å². The topological polar surface area (TPSA) is 21.7 Å². The zero-order valence-electron chi connectivity index (χ0n) is 14.4. The van der Waals surface area contributed by atoms with Gasteiger partial charge in [0.25, 0.3) is 0 Å². The lowest BCUT2D eigenvalue weighted by Gasteiger charge is -2.33. The van der Waals surface area contributed by atoms with E-state index < -0.39 is 0 Å². The van der Waals surface area contributed by atoms with Crippen molar-refractivity contribution >= 4 is 23.2 Å². The van der Waals surface area contributed by atoms with E-state index in [9.17, 15) is 0 Å². The molecule has 1 aliphatic heterocycles. The number of hydrogen-bond donors (Lipinski definition) is 0. The molecule has 0 spiro atoms. The lowest BCUT2D eigenvalue weighted by atomic mass is 9.94. The molecule has 24 heavy (non-hydrogen) atoms. The molecule has 1 unspecified atom stereocenters. The molecule has 1 saturated carbocycles. The first-order valence-electron chi connectivity index (χ1n) is 9.11. The second kappa shape index (κ2) is 8.64. The molecule has 3 nitrogen and oxygen atoms in total. The SMILES string of the molecule is COc1c(Cl)cc(Cl)cc1OC1CCCN(C2CCCCC2)CC1. The van der Waals surface area contributed by atoms with Crippen molar-refractivity contribution in [1.29, 1.82) is 0 Å². The third-order valence-corrected chi connectivity index (χ3v) is 5.77. The molecule has 1 atom stereocenters. The number of benzene rings is 1. The maximum atomic E-state index is 6.23. The van der Waals surface area contributed by atoms with E-state index in [1.807, 2.05) is 0 Å². The Kier molecular flexibility index (Phi) is 6.54. The summed E-state index contributed by atoms with van der Waals surface area (Å²) in [5.74, 6) is 1.24. The van der Waals surface area contributed by atoms with Crippen molar-refractivity contribution < 1.29 is 9.47 Å². The summed E-state index contributed by atoms with van der Waals surface area (Å²) in [5, 5.41) is 1.07. The highest BCUT2D eigenvalue weighted by molar-refractivity contribution is 6.35. The molecule has 3 rings (SSSR count). The van der Waals surface area contributed by atoms with E-state index in [-0.39, 0.29) is 6.10 Å². The zero-order valence-corrected chi connectivity index (χ0v) is 15.9. The minimum atomic E-state index is 0.196. The van der Waals surface area contributed by atoms with Gasteiger partial charge in [-0.15, -0.1) is 0 Å². The highest BCUT2D eigenvalue weighted by atomic mass is 35.5. The lowest BCUT2D eigenvalue weighted by molar-refractivity contribution is 0.144. The van der Waals surface area contributed by atoms with E-state index in [2.05, 4.69) is 4.90 Å². The van der Waals surface area contributed by atoms with Crippen molar-refractivity contribution in [2.75, 3.05) is 20.2 Å². The Hall–Kier alpha value is -0.640. The molecule has 2 fully saturated rings. The van der Waals surface area contributed by atoms with Crippen LogP contribution in [-0.2, 0) is 0 Å². The van der Waals surface area contributed by atoms with Gasteiger partial charge in [0.15, 0.2) is 11.5 Å². The minimum Gasteiger partial charge on any atom is -0.491 e. The first-order chi connectivity index (χ1) is 11.7. The number of ether oxygens (including phenoxy) is 2. The van der Waals surface area contributed by atoms with E-state index in [0.717, 1.165) is 25.4 Å². The van der Waals surface area contributed by atoms with Crippen molar-refractivity contribution in [2.24, 2.45) is 0 Å². The molecule has 1 aliphatic carbocycles. The summed E-state index contributed by atoms with van der Waals surface area (Å²) in [7, 11) is 1.61. The summed E-state index contributed by atoms with van der Waals surface area (Å²) in [4.78, 5) is 2.69. The Morgan fingerprint density at radius 3 is 2.50 bits per heavy atom. The number of nitrogens with zero attached hydrogens (tertiary/aromatic N) is 1. The number of methoxy groups -OCH3 is 1. The van der Waals surface area contributed by atoms with Gasteiger partial charge in [-0.3, -0.25) is 0 Å². The molecule has 5 heteroatoms. The summed E-state index contributed by atoms with van der Waals surface area (Å²) in [6, 6.07) is 4.27. The molecule has 0 aromatic heterocycles. The quantitative estimate of drug-likeness (QED) is 0.690. The summed E-state index contributed by atoms with van der Waals surface area (Å²) in [5.41, 5.74) is 0. The van der Waals surface area contributed by atoms with Crippen molar-refractivity contribution in [3.8, 4) is 11.5 Å². The highest BCUT2D eigenvalue weighted by Gasteiger charge is 2.26. The molecule has 1 aromatic carbocycles. The Morgan fingerprint density at radius 1 is 0.958 bits per heavy atom. The molecule has 1 heterocycles. The van der Waals surface area contributed by atoms with Crippen molar-refractivity contribution in [3.63, 3.8) is 0 Å². The normalized spacial score (nSPS) is 23.7. The summed E-state index contributed by atoms with van der Waals surface area (Å²) in [6.45, 7) is 2.31. The average molecular weight is 372 g/mol. The first-order valence-corrected chi connectivity index (χ1v) is 9.86. The Bertz CT molecular complexity index is 546. The molecular formula is C19H27Cl2NO2. The number of likely N-dealkylation sites (tertiary alicyclic amines) is 1. The van der Waals surface area contributed by atoms with Crippen LogP contribution in [0.5, 0.6) is 11.5 Å². The molecule has 2 aliphatic rings. The lowest BCUT2D eigenvalue weighted by Crippen LogP contribution is -2.37. The van der Waals surface area contributed by atoms with Crippen LogP contribution >= 0.6 is 23.2 Å². The van der Waals surface area contributed by atoms with Crippen LogP contribution < -0.4 is 9.47 Å². The van der Waals surface area contributed by atoms with Gasteiger partial charge in [-0.25, -0.2) is 0 Å². The first kappa shape index (κ1) is 18.2. The van der Waals surface area contributed by atoms with Crippen LogP contribution in [0.2, 0.25) is 10.0 Å². The summed E-state index contributed by atoms with van der Waals surface area (Å²) in [6.07, 6.45) is 10.4. The van der Waals surface area contributed by atoms with Crippen LogP contribution in [0.3, 0.4) is 0 Å². The predicted octanol–water partition coefficient (Wildman–Crippen LogP) is 5.57. The van der Waals surface area contributed by atoms with Crippen LogP contribution in [0.1, 0.15) is 51.4 Å². The van der Waals surface area contributed by atoms with Crippen LogP contribution in [0.4, 0.5) is 0 Å². The average Bonchev–Trinajstić information content (AvgIpc) is 2.81. The van der Waals surface area contributed by atoms with Gasteiger partial charge >= 0.3 is 0 Å². The van der Waals surface area contributed by atoms with Gasteiger partial charge in [0.05, 0.1) is 12.1 Å². The standard InChI is InChI=1S/C19H27Cl2NO2/c1-23-19-17(21)12-14(20)13-18(19)24-16-8-5-10-22(11-9-16)15-6-3-2-4-7-15/h12-13,15-16H,2-11H2,1H3. The number of rotatable bonds is 4. The van der Waals surface area contributed by atoms with Crippen molar-refractivity contribution in [2.45, 2.75) is 63.5 Å². The van der Waals surface area contributed by atoms with E-state index in [4.69, 9.17) is 32.7 Å². The van der Waals surface area contributed by atoms with Crippen molar-refractivity contribution in [3.05, 3.63) is 22.2 Å². The van der Waals surface area contributed by atoms with Crippen molar-refractivity contribution in [1.82, 2.24) is 4.90 Å². The fourth-order valence-corrected chi connectivity index (χ4v) is 4.57. The van der Waals surface area contributed by atoms with Crippen LogP contribution in [0, 0.1) is 0 Å². The smallest absolute Gasteiger partial charge is 0.179 e. The van der Waals surface area contributed by atoms with Crippen LogP contribution in [0.25, 0.3) is 0 Å². The third-order valence-electron chi connectivity index (χ3n) is 5.27. The fourth-order valence-electron chi connectivity index (χ4n) is 4.02. The largest absolute Gasteiger partial charge is 0.491 e. The van der Waals surface area contributed by atoms with Gasteiger partial charge < -0.3 is 14.4 Å². The van der Waals surface area contributed by atoms with Crippen LogP contribution in [-0.4, -0.2) is 37.2 Å². The maximum Gasteiger partial charge on any atom is 0.179 e.